The summed E-state index contributed by atoms with van der Waals surface area (Å²) < 4.78 is 24.3. The Morgan fingerprint density at radius 1 is 1.14 bits per heavy atom. The molecule has 0 bridgehead atoms. The molecule has 4 rings (SSSR count). The van der Waals surface area contributed by atoms with Crippen molar-refractivity contribution in [2.24, 2.45) is 0 Å². The predicted octanol–water partition coefficient (Wildman–Crippen LogP) is 6.41. The monoisotopic (exact) mass is 594 g/mol. The quantitative estimate of drug-likeness (QED) is 0.200. The molecule has 0 saturated carbocycles. The van der Waals surface area contributed by atoms with E-state index in [1.807, 2.05) is 25.1 Å². The molecule has 11 heteroatoms. The van der Waals surface area contributed by atoms with Gasteiger partial charge in [0.05, 0.1) is 43.5 Å². The van der Waals surface area contributed by atoms with Crippen molar-refractivity contribution in [2.75, 3.05) is 32.8 Å². The fourth-order valence-corrected chi connectivity index (χ4v) is 5.17. The number of methoxy groups -OCH3 is 2. The second-order valence-electron chi connectivity index (χ2n) is 7.80. The van der Waals surface area contributed by atoms with E-state index in [0.29, 0.717) is 44.7 Å². The largest absolute Gasteiger partial charge is 0.493 e. The standard InChI is InChI=1S/C25H24BrClN2O6S/c1-14(15-5-4-6-18(23(15)27)34-8-7-26)12-35-21-11-22(36-24(21)25(30)31)29-13-28-16-9-19(32-2)20(33-3)10-17(16)29/h4-6,9-11,13-14H,7-8,12H2,1-3H3,(H,30,31)/t14-/m0/s1. The fourth-order valence-electron chi connectivity index (χ4n) is 3.72. The van der Waals surface area contributed by atoms with Gasteiger partial charge in [0.15, 0.2) is 16.4 Å². The molecule has 0 spiro atoms. The van der Waals surface area contributed by atoms with Gasteiger partial charge in [0.1, 0.15) is 22.8 Å². The van der Waals surface area contributed by atoms with Gasteiger partial charge in [-0.25, -0.2) is 9.78 Å². The zero-order valence-electron chi connectivity index (χ0n) is 19.8. The van der Waals surface area contributed by atoms with E-state index < -0.39 is 5.97 Å². The molecule has 36 heavy (non-hydrogen) atoms. The highest BCUT2D eigenvalue weighted by atomic mass is 79.9. The van der Waals surface area contributed by atoms with Crippen LogP contribution < -0.4 is 18.9 Å². The van der Waals surface area contributed by atoms with E-state index in [2.05, 4.69) is 20.9 Å². The molecule has 0 aliphatic rings. The van der Waals surface area contributed by atoms with E-state index in [-0.39, 0.29) is 23.2 Å². The minimum Gasteiger partial charge on any atom is -0.493 e. The average Bonchev–Trinajstić information content (AvgIpc) is 3.49. The highest BCUT2D eigenvalue weighted by Gasteiger charge is 2.22. The summed E-state index contributed by atoms with van der Waals surface area (Å²) in [5, 5.41) is 11.7. The number of hydrogen-bond donors (Lipinski definition) is 1. The minimum absolute atomic E-state index is 0.0972. The molecule has 4 aromatic rings. The van der Waals surface area contributed by atoms with Crippen molar-refractivity contribution in [3.05, 3.63) is 58.2 Å². The summed E-state index contributed by atoms with van der Waals surface area (Å²) in [5.74, 6) is 0.807. The smallest absolute Gasteiger partial charge is 0.349 e. The molecule has 0 radical (unpaired) electrons. The van der Waals surface area contributed by atoms with Crippen LogP contribution in [0.25, 0.3) is 16.0 Å². The van der Waals surface area contributed by atoms with Gasteiger partial charge < -0.3 is 24.1 Å². The van der Waals surface area contributed by atoms with Crippen molar-refractivity contribution in [3.8, 4) is 28.0 Å². The van der Waals surface area contributed by atoms with Gasteiger partial charge in [-0.2, -0.15) is 0 Å². The molecule has 2 aromatic heterocycles. The molecule has 0 aliphatic heterocycles. The van der Waals surface area contributed by atoms with E-state index in [0.717, 1.165) is 22.4 Å². The molecule has 2 heterocycles. The Morgan fingerprint density at radius 3 is 2.58 bits per heavy atom. The van der Waals surface area contributed by atoms with Crippen LogP contribution >= 0.6 is 38.9 Å². The summed E-state index contributed by atoms with van der Waals surface area (Å²) in [4.78, 5) is 16.5. The number of benzene rings is 2. The van der Waals surface area contributed by atoms with Crippen molar-refractivity contribution in [1.29, 1.82) is 0 Å². The SMILES string of the molecule is COc1cc2ncn(-c3cc(OC[C@H](C)c4cccc(OCCBr)c4Cl)c(C(=O)O)s3)c2cc1OC. The first kappa shape index (κ1) is 26.1. The lowest BCUT2D eigenvalue weighted by atomic mass is 10.0. The molecular weight excluding hydrogens is 572 g/mol. The molecular formula is C25H24BrClN2O6S. The number of halogens is 2. The summed E-state index contributed by atoms with van der Waals surface area (Å²) in [6.07, 6.45) is 1.63. The number of thiophene rings is 1. The third-order valence-corrected chi connectivity index (χ3v) is 7.35. The lowest BCUT2D eigenvalue weighted by Crippen LogP contribution is -2.09. The van der Waals surface area contributed by atoms with E-state index in [4.69, 9.17) is 30.5 Å². The number of fused-ring (bicyclic) bond motifs is 1. The van der Waals surface area contributed by atoms with E-state index >= 15 is 0 Å². The Labute approximate surface area is 225 Å². The Morgan fingerprint density at radius 2 is 1.89 bits per heavy atom. The van der Waals surface area contributed by atoms with Crippen LogP contribution in [0, 0.1) is 0 Å². The number of aromatic carboxylic acids is 1. The fraction of sp³-hybridized carbons (Fsp3) is 0.280. The lowest BCUT2D eigenvalue weighted by Gasteiger charge is -2.17. The van der Waals surface area contributed by atoms with Crippen molar-refractivity contribution in [1.82, 2.24) is 9.55 Å². The maximum Gasteiger partial charge on any atom is 0.349 e. The van der Waals surface area contributed by atoms with Crippen LogP contribution in [0.5, 0.6) is 23.0 Å². The minimum atomic E-state index is -1.07. The molecule has 0 aliphatic carbocycles. The number of rotatable bonds is 11. The number of ether oxygens (including phenoxy) is 4. The number of carboxylic acid groups (broad SMARTS) is 1. The van der Waals surface area contributed by atoms with E-state index in [1.54, 1.807) is 43.3 Å². The molecule has 0 saturated heterocycles. The number of aromatic nitrogens is 2. The van der Waals surface area contributed by atoms with Gasteiger partial charge in [-0.05, 0) is 11.6 Å². The zero-order chi connectivity index (χ0) is 25.8. The highest BCUT2D eigenvalue weighted by molar-refractivity contribution is 9.09. The molecule has 0 amide bonds. The summed E-state index contributed by atoms with van der Waals surface area (Å²) in [6, 6.07) is 10.9. The van der Waals surface area contributed by atoms with Gasteiger partial charge in [-0.15, -0.1) is 11.3 Å². The second-order valence-corrected chi connectivity index (χ2v) is 10.0. The van der Waals surface area contributed by atoms with Crippen LogP contribution in [-0.2, 0) is 0 Å². The van der Waals surface area contributed by atoms with Crippen molar-refractivity contribution in [3.63, 3.8) is 0 Å². The average molecular weight is 596 g/mol. The number of alkyl halides is 1. The maximum atomic E-state index is 12.0. The third-order valence-electron chi connectivity index (χ3n) is 5.52. The van der Waals surface area contributed by atoms with Gasteiger partial charge in [-0.3, -0.25) is 4.57 Å². The van der Waals surface area contributed by atoms with Crippen LogP contribution in [0.4, 0.5) is 0 Å². The molecule has 1 atom stereocenters. The van der Waals surface area contributed by atoms with E-state index in [9.17, 15) is 9.90 Å². The Bertz CT molecular complexity index is 1390. The molecule has 0 unspecified atom stereocenters. The lowest BCUT2D eigenvalue weighted by molar-refractivity contribution is 0.0697. The first-order chi connectivity index (χ1) is 17.4. The predicted molar refractivity (Wildman–Crippen MR) is 144 cm³/mol. The van der Waals surface area contributed by atoms with Crippen LogP contribution in [0.3, 0.4) is 0 Å². The third kappa shape index (κ3) is 5.25. The topological polar surface area (TPSA) is 92.0 Å². The van der Waals surface area contributed by atoms with Gasteiger partial charge in [0.2, 0.25) is 0 Å². The molecule has 1 N–H and O–H groups in total. The Hall–Kier alpha value is -2.95. The van der Waals surface area contributed by atoms with Crippen LogP contribution in [-0.4, -0.2) is 53.4 Å². The molecule has 190 valence electrons. The first-order valence-corrected chi connectivity index (χ1v) is 13.3. The number of imidazole rings is 1. The normalized spacial score (nSPS) is 11.9. The number of nitrogens with zero attached hydrogens (tertiary/aromatic N) is 2. The first-order valence-electron chi connectivity index (χ1n) is 10.9. The summed E-state index contributed by atoms with van der Waals surface area (Å²) in [5.41, 5.74) is 2.29. The van der Waals surface area contributed by atoms with Gasteiger partial charge >= 0.3 is 5.97 Å². The Kier molecular flexibility index (Phi) is 8.28. The summed E-state index contributed by atoms with van der Waals surface area (Å²) in [7, 11) is 3.12. The molecule has 0 fully saturated rings. The van der Waals surface area contributed by atoms with E-state index in [1.165, 1.54) is 0 Å². The molecule has 2 aromatic carbocycles. The van der Waals surface area contributed by atoms with Crippen LogP contribution in [0.15, 0.2) is 42.7 Å². The number of hydrogen-bond acceptors (Lipinski definition) is 7. The second kappa shape index (κ2) is 11.4. The number of carbonyl (C=O) groups is 1. The number of carboxylic acids is 1. The highest BCUT2D eigenvalue weighted by Crippen LogP contribution is 2.38. The van der Waals surface area contributed by atoms with Gasteiger partial charge in [0.25, 0.3) is 0 Å². The van der Waals surface area contributed by atoms with Gasteiger partial charge in [0, 0.05) is 29.4 Å². The Balaban J connectivity index is 1.61. The van der Waals surface area contributed by atoms with Crippen molar-refractivity contribution >= 4 is 55.9 Å². The zero-order valence-corrected chi connectivity index (χ0v) is 22.9. The maximum absolute atomic E-state index is 12.0. The van der Waals surface area contributed by atoms with Crippen LogP contribution in [0.2, 0.25) is 5.02 Å². The van der Waals surface area contributed by atoms with Crippen molar-refractivity contribution < 1.29 is 28.8 Å². The summed E-state index contributed by atoms with van der Waals surface area (Å²) in [6.45, 7) is 2.69. The molecule has 8 nitrogen and oxygen atoms in total. The van der Waals surface area contributed by atoms with Crippen LogP contribution in [0.1, 0.15) is 28.1 Å². The summed E-state index contributed by atoms with van der Waals surface area (Å²) >= 11 is 11.0. The van der Waals surface area contributed by atoms with Gasteiger partial charge in [-0.1, -0.05) is 46.6 Å². The van der Waals surface area contributed by atoms with Crippen molar-refractivity contribution in [2.45, 2.75) is 12.8 Å².